The van der Waals surface area contributed by atoms with Gasteiger partial charge in [-0.2, -0.15) is 0 Å². The quantitative estimate of drug-likeness (QED) is 0.866. The number of rotatable bonds is 2. The normalized spacial score (nSPS) is 33.1. The van der Waals surface area contributed by atoms with Crippen molar-refractivity contribution < 1.29 is 5.11 Å². The third-order valence-electron chi connectivity index (χ3n) is 4.67. The number of hydrogen-bond acceptors (Lipinski definition) is 2. The van der Waals surface area contributed by atoms with Gasteiger partial charge in [0.15, 0.2) is 0 Å². The van der Waals surface area contributed by atoms with E-state index in [1.54, 1.807) is 0 Å². The highest BCUT2D eigenvalue weighted by Gasteiger charge is 2.34. The molecule has 0 aromatic heterocycles. The fourth-order valence-corrected chi connectivity index (χ4v) is 3.66. The largest absolute Gasteiger partial charge is 0.393 e. The maximum Gasteiger partial charge on any atom is 0.0543 e. The number of aliphatic hydroxyl groups excluding tert-OH is 1. The van der Waals surface area contributed by atoms with Crippen molar-refractivity contribution in [3.05, 3.63) is 35.9 Å². The molecule has 2 aliphatic rings. The van der Waals surface area contributed by atoms with Gasteiger partial charge < -0.3 is 5.11 Å². The topological polar surface area (TPSA) is 23.5 Å². The lowest BCUT2D eigenvalue weighted by molar-refractivity contribution is 0.0172. The summed E-state index contributed by atoms with van der Waals surface area (Å²) in [5, 5.41) is 9.81. The molecule has 18 heavy (non-hydrogen) atoms. The smallest absolute Gasteiger partial charge is 0.0543 e. The van der Waals surface area contributed by atoms with Gasteiger partial charge >= 0.3 is 0 Å². The number of hydrogen-bond donors (Lipinski definition) is 1. The summed E-state index contributed by atoms with van der Waals surface area (Å²) >= 11 is 0. The van der Waals surface area contributed by atoms with E-state index in [1.807, 2.05) is 0 Å². The van der Waals surface area contributed by atoms with Crippen LogP contribution in [-0.4, -0.2) is 29.2 Å². The van der Waals surface area contributed by atoms with E-state index in [9.17, 15) is 5.11 Å². The van der Waals surface area contributed by atoms with Gasteiger partial charge in [0.2, 0.25) is 0 Å². The second-order valence-electron chi connectivity index (χ2n) is 6.00. The third-order valence-corrected chi connectivity index (χ3v) is 4.67. The third kappa shape index (κ3) is 2.76. The minimum Gasteiger partial charge on any atom is -0.393 e. The van der Waals surface area contributed by atoms with Crippen LogP contribution in [0.5, 0.6) is 0 Å². The molecule has 2 nitrogen and oxygen atoms in total. The van der Waals surface area contributed by atoms with E-state index in [-0.39, 0.29) is 6.10 Å². The van der Waals surface area contributed by atoms with Crippen LogP contribution in [0.1, 0.15) is 31.2 Å². The molecule has 3 unspecified atom stereocenters. The number of benzene rings is 1. The van der Waals surface area contributed by atoms with E-state index >= 15 is 0 Å². The average Bonchev–Trinajstić information content (AvgIpc) is 2.39. The molecule has 1 aromatic rings. The summed E-state index contributed by atoms with van der Waals surface area (Å²) in [7, 11) is 0. The summed E-state index contributed by atoms with van der Waals surface area (Å²) in [5.74, 6) is 1.60. The molecule has 0 radical (unpaired) electrons. The molecule has 1 N–H and O–H groups in total. The predicted molar refractivity (Wildman–Crippen MR) is 73.2 cm³/mol. The zero-order valence-electron chi connectivity index (χ0n) is 11.0. The Bertz CT molecular complexity index is 378. The molecule has 2 heteroatoms. The first-order valence-electron chi connectivity index (χ1n) is 7.25. The first-order chi connectivity index (χ1) is 8.81. The summed E-state index contributed by atoms with van der Waals surface area (Å²) in [6, 6.07) is 10.7. The summed E-state index contributed by atoms with van der Waals surface area (Å²) in [4.78, 5) is 2.56. The van der Waals surface area contributed by atoms with Crippen molar-refractivity contribution in [2.75, 3.05) is 13.1 Å². The number of fused-ring (bicyclic) bond motifs is 1. The molecule has 0 amide bonds. The van der Waals surface area contributed by atoms with E-state index in [0.29, 0.717) is 0 Å². The van der Waals surface area contributed by atoms with Gasteiger partial charge in [-0.15, -0.1) is 0 Å². The predicted octanol–water partition coefficient (Wildman–Crippen LogP) is 2.67. The lowest BCUT2D eigenvalue weighted by Gasteiger charge is -2.42. The van der Waals surface area contributed by atoms with Crippen molar-refractivity contribution in [3.63, 3.8) is 0 Å². The van der Waals surface area contributed by atoms with Crippen LogP contribution in [0.25, 0.3) is 0 Å². The SMILES string of the molecule is OC1CCC2CCN(Cc3ccccc3)CC2C1. The van der Waals surface area contributed by atoms with Gasteiger partial charge in [0.05, 0.1) is 6.10 Å². The van der Waals surface area contributed by atoms with E-state index in [2.05, 4.69) is 35.2 Å². The second kappa shape index (κ2) is 5.41. The van der Waals surface area contributed by atoms with Crippen LogP contribution >= 0.6 is 0 Å². The van der Waals surface area contributed by atoms with Crippen molar-refractivity contribution in [2.45, 2.75) is 38.3 Å². The molecule has 0 spiro atoms. The van der Waals surface area contributed by atoms with Crippen LogP contribution in [0, 0.1) is 11.8 Å². The molecular formula is C16H23NO. The molecule has 3 rings (SSSR count). The lowest BCUT2D eigenvalue weighted by Crippen LogP contribution is -2.43. The van der Waals surface area contributed by atoms with Crippen LogP contribution in [-0.2, 0) is 6.54 Å². The Balaban J connectivity index is 1.59. The van der Waals surface area contributed by atoms with Crippen molar-refractivity contribution in [2.24, 2.45) is 11.8 Å². The number of nitrogens with zero attached hydrogens (tertiary/aromatic N) is 1. The van der Waals surface area contributed by atoms with Gasteiger partial charge in [0, 0.05) is 13.1 Å². The first kappa shape index (κ1) is 12.2. The van der Waals surface area contributed by atoms with E-state index < -0.39 is 0 Å². The summed E-state index contributed by atoms with van der Waals surface area (Å²) < 4.78 is 0. The number of likely N-dealkylation sites (tertiary alicyclic amines) is 1. The van der Waals surface area contributed by atoms with Crippen LogP contribution in [0.4, 0.5) is 0 Å². The molecule has 2 fully saturated rings. The fourth-order valence-electron chi connectivity index (χ4n) is 3.66. The Hall–Kier alpha value is -0.860. The van der Waals surface area contributed by atoms with Gasteiger partial charge in [-0.3, -0.25) is 4.90 Å². The van der Waals surface area contributed by atoms with Gasteiger partial charge in [0.25, 0.3) is 0 Å². The molecule has 1 saturated carbocycles. The summed E-state index contributed by atoms with van der Waals surface area (Å²) in [6.07, 6.45) is 4.58. The van der Waals surface area contributed by atoms with Crippen molar-refractivity contribution in [3.8, 4) is 0 Å². The highest BCUT2D eigenvalue weighted by Crippen LogP contribution is 2.36. The van der Waals surface area contributed by atoms with Crippen LogP contribution in [0.2, 0.25) is 0 Å². The number of piperidine rings is 1. The monoisotopic (exact) mass is 245 g/mol. The maximum absolute atomic E-state index is 9.81. The zero-order chi connectivity index (χ0) is 12.4. The van der Waals surface area contributed by atoms with Gasteiger partial charge in [0.1, 0.15) is 0 Å². The van der Waals surface area contributed by atoms with Crippen LogP contribution in [0.15, 0.2) is 30.3 Å². The van der Waals surface area contributed by atoms with Gasteiger partial charge in [-0.25, -0.2) is 0 Å². The molecule has 98 valence electrons. The van der Waals surface area contributed by atoms with Crippen LogP contribution < -0.4 is 0 Å². The minimum atomic E-state index is -0.0390. The molecule has 1 heterocycles. The Morgan fingerprint density at radius 1 is 1.06 bits per heavy atom. The molecule has 3 atom stereocenters. The Kier molecular flexibility index (Phi) is 3.67. The minimum absolute atomic E-state index is 0.0390. The molecule has 0 bridgehead atoms. The molecule has 1 aromatic carbocycles. The maximum atomic E-state index is 9.81. The van der Waals surface area contributed by atoms with E-state index in [4.69, 9.17) is 0 Å². The van der Waals surface area contributed by atoms with Gasteiger partial charge in [-0.05, 0) is 49.6 Å². The lowest BCUT2D eigenvalue weighted by atomic mass is 9.74. The molecule has 1 aliphatic carbocycles. The molecular weight excluding hydrogens is 222 g/mol. The van der Waals surface area contributed by atoms with Crippen LogP contribution in [0.3, 0.4) is 0 Å². The highest BCUT2D eigenvalue weighted by molar-refractivity contribution is 5.14. The number of aliphatic hydroxyl groups is 1. The summed E-state index contributed by atoms with van der Waals surface area (Å²) in [5.41, 5.74) is 1.41. The zero-order valence-corrected chi connectivity index (χ0v) is 11.0. The molecule has 1 saturated heterocycles. The Labute approximate surface area is 110 Å². The Morgan fingerprint density at radius 3 is 2.72 bits per heavy atom. The van der Waals surface area contributed by atoms with E-state index in [1.165, 1.54) is 31.5 Å². The standard InChI is InChI=1S/C16H23NO/c18-16-7-6-14-8-9-17(12-15(14)10-16)11-13-4-2-1-3-5-13/h1-5,14-16,18H,6-12H2. The first-order valence-corrected chi connectivity index (χ1v) is 7.25. The van der Waals surface area contributed by atoms with Gasteiger partial charge in [-0.1, -0.05) is 30.3 Å². The summed E-state index contributed by atoms with van der Waals surface area (Å²) in [6.45, 7) is 3.48. The van der Waals surface area contributed by atoms with Crippen molar-refractivity contribution >= 4 is 0 Å². The average molecular weight is 245 g/mol. The van der Waals surface area contributed by atoms with E-state index in [0.717, 1.165) is 31.2 Å². The van der Waals surface area contributed by atoms with Crippen molar-refractivity contribution in [1.29, 1.82) is 0 Å². The Morgan fingerprint density at radius 2 is 1.89 bits per heavy atom. The highest BCUT2D eigenvalue weighted by atomic mass is 16.3. The second-order valence-corrected chi connectivity index (χ2v) is 6.00. The molecule has 1 aliphatic heterocycles. The van der Waals surface area contributed by atoms with Crippen molar-refractivity contribution in [1.82, 2.24) is 4.90 Å². The fraction of sp³-hybridized carbons (Fsp3) is 0.625.